The van der Waals surface area contributed by atoms with Gasteiger partial charge in [0.25, 0.3) is 5.56 Å². The molecule has 1 fully saturated rings. The van der Waals surface area contributed by atoms with Gasteiger partial charge >= 0.3 is 0 Å². The van der Waals surface area contributed by atoms with Crippen LogP contribution < -0.4 is 11.3 Å². The van der Waals surface area contributed by atoms with E-state index in [0.29, 0.717) is 17.5 Å². The maximum atomic E-state index is 11.7. The van der Waals surface area contributed by atoms with Gasteiger partial charge in [-0.15, -0.1) is 0 Å². The van der Waals surface area contributed by atoms with E-state index in [1.807, 2.05) is 0 Å². The van der Waals surface area contributed by atoms with Crippen molar-refractivity contribution in [2.24, 2.45) is 0 Å². The molecule has 19 heavy (non-hydrogen) atoms. The number of aliphatic hydroxyl groups excluding tert-OH is 2. The van der Waals surface area contributed by atoms with Gasteiger partial charge in [0.15, 0.2) is 5.65 Å². The third-order valence-electron chi connectivity index (χ3n) is 3.29. The Bertz CT molecular complexity index is 664. The molecule has 0 bridgehead atoms. The molecule has 3 rings (SSSR count). The van der Waals surface area contributed by atoms with Gasteiger partial charge in [0.05, 0.1) is 18.1 Å². The largest absolute Gasteiger partial charge is 0.394 e. The van der Waals surface area contributed by atoms with Gasteiger partial charge in [-0.25, -0.2) is 0 Å². The van der Waals surface area contributed by atoms with E-state index in [1.54, 1.807) is 16.8 Å². The minimum absolute atomic E-state index is 0.0229. The molecule has 1 unspecified atom stereocenters. The molecular formula is C11H14N4O4. The molecule has 0 spiro atoms. The molecule has 2 aromatic rings. The number of anilines is 1. The molecule has 1 saturated heterocycles. The van der Waals surface area contributed by atoms with Crippen LogP contribution in [0.4, 0.5) is 5.95 Å². The fourth-order valence-electron chi connectivity index (χ4n) is 2.34. The van der Waals surface area contributed by atoms with Crippen molar-refractivity contribution in [2.75, 3.05) is 12.3 Å². The number of hydrogen-bond acceptors (Lipinski definition) is 6. The first-order valence-corrected chi connectivity index (χ1v) is 5.91. The van der Waals surface area contributed by atoms with Gasteiger partial charge < -0.3 is 25.3 Å². The summed E-state index contributed by atoms with van der Waals surface area (Å²) < 4.78 is 7.16. The lowest BCUT2D eigenvalue weighted by Gasteiger charge is -2.14. The molecule has 0 aliphatic carbocycles. The molecule has 5 N–H and O–H groups in total. The fourth-order valence-corrected chi connectivity index (χ4v) is 2.34. The number of nitrogen functional groups attached to an aromatic ring is 1. The van der Waals surface area contributed by atoms with Crippen LogP contribution in [0.3, 0.4) is 0 Å². The van der Waals surface area contributed by atoms with Gasteiger partial charge in [0, 0.05) is 12.6 Å². The number of hydrogen-bond donors (Lipinski definition) is 4. The molecule has 1 aliphatic heterocycles. The minimum Gasteiger partial charge on any atom is -0.394 e. The van der Waals surface area contributed by atoms with Crippen molar-refractivity contribution in [2.45, 2.75) is 24.9 Å². The number of aromatic nitrogens is 3. The summed E-state index contributed by atoms with van der Waals surface area (Å²) in [4.78, 5) is 18.2. The van der Waals surface area contributed by atoms with Crippen molar-refractivity contribution in [1.82, 2.24) is 14.5 Å². The molecule has 0 amide bonds. The molecule has 1 aliphatic rings. The monoisotopic (exact) mass is 266 g/mol. The van der Waals surface area contributed by atoms with Gasteiger partial charge in [-0.2, -0.15) is 4.98 Å². The number of H-pyrrole nitrogens is 1. The second kappa shape index (κ2) is 4.34. The van der Waals surface area contributed by atoms with Crippen LogP contribution in [0.15, 0.2) is 17.1 Å². The highest BCUT2D eigenvalue weighted by Gasteiger charge is 2.35. The van der Waals surface area contributed by atoms with Crippen molar-refractivity contribution >= 4 is 17.0 Å². The average Bonchev–Trinajstić information content (AvgIpc) is 2.92. The van der Waals surface area contributed by atoms with E-state index < -0.39 is 18.4 Å². The van der Waals surface area contributed by atoms with Crippen LogP contribution in [0.5, 0.6) is 0 Å². The Labute approximate surface area is 107 Å². The van der Waals surface area contributed by atoms with Crippen LogP contribution in [0.25, 0.3) is 11.0 Å². The van der Waals surface area contributed by atoms with E-state index in [4.69, 9.17) is 15.6 Å². The normalized spacial score (nSPS) is 27.2. The number of nitrogens with one attached hydrogen (secondary N) is 1. The predicted molar refractivity (Wildman–Crippen MR) is 66.4 cm³/mol. The van der Waals surface area contributed by atoms with Gasteiger partial charge in [0.1, 0.15) is 12.3 Å². The first kappa shape index (κ1) is 12.2. The van der Waals surface area contributed by atoms with E-state index in [9.17, 15) is 9.90 Å². The first-order chi connectivity index (χ1) is 9.10. The second-order valence-corrected chi connectivity index (χ2v) is 4.53. The van der Waals surface area contributed by atoms with Crippen LogP contribution in [0.2, 0.25) is 0 Å². The zero-order valence-electron chi connectivity index (χ0n) is 9.98. The zero-order valence-corrected chi connectivity index (χ0v) is 9.98. The van der Waals surface area contributed by atoms with Crippen LogP contribution in [-0.2, 0) is 4.74 Å². The molecule has 0 saturated carbocycles. The first-order valence-electron chi connectivity index (χ1n) is 5.91. The third kappa shape index (κ3) is 1.89. The van der Waals surface area contributed by atoms with Gasteiger partial charge in [0.2, 0.25) is 5.95 Å². The van der Waals surface area contributed by atoms with Gasteiger partial charge in [-0.05, 0) is 6.07 Å². The molecule has 3 heterocycles. The highest BCUT2D eigenvalue weighted by Crippen LogP contribution is 2.30. The molecule has 8 nitrogen and oxygen atoms in total. The number of nitrogens with two attached hydrogens (primary N) is 1. The van der Waals surface area contributed by atoms with Crippen LogP contribution in [0, 0.1) is 0 Å². The van der Waals surface area contributed by atoms with Crippen molar-refractivity contribution in [3.63, 3.8) is 0 Å². The van der Waals surface area contributed by atoms with E-state index in [2.05, 4.69) is 9.97 Å². The number of aromatic amines is 1. The summed E-state index contributed by atoms with van der Waals surface area (Å²) in [5.41, 5.74) is 5.60. The predicted octanol–water partition coefficient (Wildman–Crippen LogP) is -1.05. The molecule has 0 aromatic carbocycles. The average molecular weight is 266 g/mol. The second-order valence-electron chi connectivity index (χ2n) is 4.53. The number of nitrogens with zero attached hydrogens (tertiary/aromatic N) is 2. The number of ether oxygens (including phenoxy) is 1. The maximum Gasteiger partial charge on any atom is 0.261 e. The van der Waals surface area contributed by atoms with Gasteiger partial charge in [-0.3, -0.25) is 9.78 Å². The SMILES string of the molecule is Nc1nc2c(ccn2[C@H]2CC(O)[C@@H](CO)O2)c(=O)[nH]1. The summed E-state index contributed by atoms with van der Waals surface area (Å²) in [6.45, 7) is -0.257. The Balaban J connectivity index is 2.05. The fraction of sp³-hybridized carbons (Fsp3) is 0.455. The molecule has 2 aromatic heterocycles. The number of fused-ring (bicyclic) bond motifs is 1. The van der Waals surface area contributed by atoms with E-state index in [1.165, 1.54) is 0 Å². The smallest absolute Gasteiger partial charge is 0.261 e. The molecule has 102 valence electrons. The quantitative estimate of drug-likeness (QED) is 0.549. The van der Waals surface area contributed by atoms with E-state index >= 15 is 0 Å². The Morgan fingerprint density at radius 1 is 1.63 bits per heavy atom. The molecule has 8 heteroatoms. The van der Waals surface area contributed by atoms with Crippen molar-refractivity contribution in [3.8, 4) is 0 Å². The minimum atomic E-state index is -0.744. The Hall–Kier alpha value is -1.90. The van der Waals surface area contributed by atoms with Gasteiger partial charge in [-0.1, -0.05) is 0 Å². The van der Waals surface area contributed by atoms with Crippen LogP contribution in [-0.4, -0.2) is 43.6 Å². The van der Waals surface area contributed by atoms with Crippen LogP contribution in [0.1, 0.15) is 12.6 Å². The maximum absolute atomic E-state index is 11.7. The summed E-state index contributed by atoms with van der Waals surface area (Å²) in [5, 5.41) is 19.2. The topological polar surface area (TPSA) is 126 Å². The Morgan fingerprint density at radius 2 is 2.42 bits per heavy atom. The molecular weight excluding hydrogens is 252 g/mol. The van der Waals surface area contributed by atoms with Crippen LogP contribution >= 0.6 is 0 Å². The van der Waals surface area contributed by atoms with Crippen molar-refractivity contribution < 1.29 is 14.9 Å². The lowest BCUT2D eigenvalue weighted by Crippen LogP contribution is -2.24. The summed E-state index contributed by atoms with van der Waals surface area (Å²) >= 11 is 0. The Morgan fingerprint density at radius 3 is 3.11 bits per heavy atom. The Kier molecular flexibility index (Phi) is 2.77. The summed E-state index contributed by atoms with van der Waals surface area (Å²) in [6.07, 6.45) is 0.138. The number of rotatable bonds is 2. The summed E-state index contributed by atoms with van der Waals surface area (Å²) in [7, 11) is 0. The summed E-state index contributed by atoms with van der Waals surface area (Å²) in [5.74, 6) is 0.0229. The zero-order chi connectivity index (χ0) is 13.6. The highest BCUT2D eigenvalue weighted by atomic mass is 16.5. The lowest BCUT2D eigenvalue weighted by atomic mass is 10.2. The summed E-state index contributed by atoms with van der Waals surface area (Å²) in [6, 6.07) is 1.61. The molecule has 0 radical (unpaired) electrons. The standard InChI is InChI=1S/C11H14N4O4/c12-11-13-9-5(10(18)14-11)1-2-15(9)8-3-6(17)7(4-16)19-8/h1-2,6-8,16-17H,3-4H2,(H3,12,13,14,18)/t6?,7-,8-/m1/s1. The third-order valence-corrected chi connectivity index (χ3v) is 3.29. The van der Waals surface area contributed by atoms with E-state index in [0.717, 1.165) is 0 Å². The van der Waals surface area contributed by atoms with E-state index in [-0.39, 0.29) is 18.1 Å². The highest BCUT2D eigenvalue weighted by molar-refractivity contribution is 5.76. The molecule has 3 atom stereocenters. The number of aliphatic hydroxyl groups is 2. The van der Waals surface area contributed by atoms with Crippen molar-refractivity contribution in [1.29, 1.82) is 0 Å². The van der Waals surface area contributed by atoms with Crippen molar-refractivity contribution in [3.05, 3.63) is 22.6 Å². The lowest BCUT2D eigenvalue weighted by molar-refractivity contribution is -0.0430.